The van der Waals surface area contributed by atoms with Crippen molar-refractivity contribution in [3.05, 3.63) is 85.4 Å². The van der Waals surface area contributed by atoms with Crippen LogP contribution in [0.5, 0.6) is 5.75 Å². The smallest absolute Gasteiger partial charge is 0.257 e. The second kappa shape index (κ2) is 7.85. The summed E-state index contributed by atoms with van der Waals surface area (Å²) in [7, 11) is 1.71. The average Bonchev–Trinajstić information content (AvgIpc) is 2.70. The van der Waals surface area contributed by atoms with Gasteiger partial charge in [-0.25, -0.2) is 0 Å². The summed E-state index contributed by atoms with van der Waals surface area (Å²) in [5, 5.41) is 3.43. The van der Waals surface area contributed by atoms with Crippen molar-refractivity contribution in [1.29, 1.82) is 0 Å². The molecule has 148 valence electrons. The molecule has 2 N–H and O–H groups in total. The summed E-state index contributed by atoms with van der Waals surface area (Å²) in [5.74, 6) is 0.626. The molecule has 0 saturated carbocycles. The van der Waals surface area contributed by atoms with Crippen LogP contribution in [-0.2, 0) is 18.4 Å². The van der Waals surface area contributed by atoms with E-state index >= 15 is 0 Å². The molecular formula is C21H18ClN3O3S. The summed E-state index contributed by atoms with van der Waals surface area (Å²) in [6.07, 6.45) is 0.190. The van der Waals surface area contributed by atoms with Crippen LogP contribution in [0.4, 0.5) is 5.82 Å². The van der Waals surface area contributed by atoms with Crippen molar-refractivity contribution < 1.29 is 9.53 Å². The molecule has 1 atom stereocenters. The van der Waals surface area contributed by atoms with Crippen LogP contribution in [0.1, 0.15) is 29.0 Å². The van der Waals surface area contributed by atoms with Gasteiger partial charge >= 0.3 is 0 Å². The Balaban J connectivity index is 1.60. The topological polar surface area (TPSA) is 76.1 Å². The minimum atomic E-state index is -0.355. The number of benzene rings is 2. The lowest BCUT2D eigenvalue weighted by atomic mass is 9.87. The van der Waals surface area contributed by atoms with Crippen LogP contribution in [0.3, 0.4) is 0 Å². The number of aromatic nitrogens is 2. The molecule has 3 aromatic rings. The van der Waals surface area contributed by atoms with Crippen LogP contribution in [0.15, 0.2) is 53.3 Å². The average molecular weight is 428 g/mol. The number of H-pyrrole nitrogens is 1. The van der Waals surface area contributed by atoms with Gasteiger partial charge in [0.05, 0.1) is 5.56 Å². The first-order chi connectivity index (χ1) is 13.9. The number of nitrogens with zero attached hydrogens (tertiary/aromatic N) is 1. The number of carbonyl (C=O) groups excluding carboxylic acids is 1. The van der Waals surface area contributed by atoms with Crippen molar-refractivity contribution in [1.82, 2.24) is 9.55 Å². The van der Waals surface area contributed by atoms with Crippen molar-refractivity contribution in [3.63, 3.8) is 0 Å². The van der Waals surface area contributed by atoms with Crippen molar-refractivity contribution in [2.75, 3.05) is 5.32 Å². The molecule has 2 aromatic carbocycles. The monoisotopic (exact) mass is 427 g/mol. The molecule has 1 aromatic heterocycles. The third-order valence-corrected chi connectivity index (χ3v) is 5.54. The predicted molar refractivity (Wildman–Crippen MR) is 114 cm³/mol. The summed E-state index contributed by atoms with van der Waals surface area (Å²) in [5.41, 5.74) is 2.06. The van der Waals surface area contributed by atoms with Crippen LogP contribution < -0.4 is 15.6 Å². The maximum atomic E-state index is 12.6. The Kier molecular flexibility index (Phi) is 5.25. The zero-order valence-electron chi connectivity index (χ0n) is 15.6. The van der Waals surface area contributed by atoms with Gasteiger partial charge in [0.2, 0.25) is 5.91 Å². The molecule has 1 aliphatic rings. The molecule has 0 radical (unpaired) electrons. The minimum absolute atomic E-state index is 0.153. The van der Waals surface area contributed by atoms with Crippen LogP contribution in [0.2, 0.25) is 5.02 Å². The number of amides is 1. The fourth-order valence-electron chi connectivity index (χ4n) is 3.46. The Morgan fingerprint density at radius 1 is 1.21 bits per heavy atom. The van der Waals surface area contributed by atoms with Crippen molar-refractivity contribution >= 4 is 35.5 Å². The maximum absolute atomic E-state index is 12.6. The largest absolute Gasteiger partial charge is 0.489 e. The van der Waals surface area contributed by atoms with Gasteiger partial charge in [-0.05, 0) is 47.6 Å². The number of nitrogens with one attached hydrogen (secondary N) is 2. The second-order valence-corrected chi connectivity index (χ2v) is 7.70. The molecule has 0 bridgehead atoms. The Morgan fingerprint density at radius 3 is 2.69 bits per heavy atom. The normalized spacial score (nSPS) is 15.5. The van der Waals surface area contributed by atoms with Crippen LogP contribution >= 0.6 is 23.8 Å². The lowest BCUT2D eigenvalue weighted by molar-refractivity contribution is -0.116. The Labute approximate surface area is 177 Å². The number of hydrogen-bond donors (Lipinski definition) is 2. The first kappa shape index (κ1) is 19.4. The standard InChI is InChI=1S/C21H18ClN3O3S/c1-25-19-18(20(27)24-21(25)29)16(10-17(26)23-19)13-5-7-15(8-6-13)28-11-12-3-2-4-14(22)9-12/h2-9,16H,10-11H2,1H3,(H,23,26)(H,24,27,29). The predicted octanol–water partition coefficient (Wildman–Crippen LogP) is 4.15. The first-order valence-corrected chi connectivity index (χ1v) is 9.81. The molecule has 0 saturated heterocycles. The minimum Gasteiger partial charge on any atom is -0.489 e. The fraction of sp³-hybridized carbons (Fsp3) is 0.190. The number of fused-ring (bicyclic) bond motifs is 1. The van der Waals surface area contributed by atoms with Gasteiger partial charge in [-0.1, -0.05) is 35.9 Å². The Hall–Kier alpha value is -2.90. The summed E-state index contributed by atoms with van der Waals surface area (Å²) < 4.78 is 7.69. The lowest BCUT2D eigenvalue weighted by Crippen LogP contribution is -2.33. The SMILES string of the molecule is Cn1c2c(c(=O)[nH]c1=S)C(c1ccc(OCc3cccc(Cl)c3)cc1)CC(=O)N2. The summed E-state index contributed by atoms with van der Waals surface area (Å²) >= 11 is 11.1. The van der Waals surface area contributed by atoms with Crippen molar-refractivity contribution in [2.45, 2.75) is 18.9 Å². The first-order valence-electron chi connectivity index (χ1n) is 9.02. The molecule has 4 rings (SSSR count). The number of carbonyl (C=O) groups is 1. The van der Waals surface area contributed by atoms with Gasteiger partial charge in [0.1, 0.15) is 18.2 Å². The quantitative estimate of drug-likeness (QED) is 0.613. The van der Waals surface area contributed by atoms with E-state index in [0.29, 0.717) is 28.8 Å². The second-order valence-electron chi connectivity index (χ2n) is 6.87. The highest BCUT2D eigenvalue weighted by molar-refractivity contribution is 7.71. The maximum Gasteiger partial charge on any atom is 0.257 e. The highest BCUT2D eigenvalue weighted by Gasteiger charge is 2.31. The zero-order valence-corrected chi connectivity index (χ0v) is 17.1. The van der Waals surface area contributed by atoms with Crippen molar-refractivity contribution in [2.24, 2.45) is 7.05 Å². The van der Waals surface area contributed by atoms with E-state index in [1.54, 1.807) is 11.6 Å². The van der Waals surface area contributed by atoms with Gasteiger partial charge in [0.15, 0.2) is 4.77 Å². The Bertz CT molecular complexity index is 1200. The molecule has 0 aliphatic carbocycles. The summed E-state index contributed by atoms with van der Waals surface area (Å²) in [4.78, 5) is 27.5. The van der Waals surface area contributed by atoms with E-state index in [9.17, 15) is 9.59 Å². The van der Waals surface area contributed by atoms with E-state index < -0.39 is 0 Å². The number of rotatable bonds is 4. The van der Waals surface area contributed by atoms with E-state index in [0.717, 1.165) is 11.1 Å². The number of ether oxygens (including phenoxy) is 1. The van der Waals surface area contributed by atoms with Gasteiger partial charge < -0.3 is 14.6 Å². The van der Waals surface area contributed by atoms with Crippen LogP contribution in [0.25, 0.3) is 0 Å². The van der Waals surface area contributed by atoms with E-state index in [1.165, 1.54) is 0 Å². The zero-order chi connectivity index (χ0) is 20.5. The van der Waals surface area contributed by atoms with Gasteiger partial charge in [0, 0.05) is 24.4 Å². The van der Waals surface area contributed by atoms with Crippen LogP contribution in [-0.4, -0.2) is 15.5 Å². The molecular weight excluding hydrogens is 410 g/mol. The van der Waals surface area contributed by atoms with Crippen LogP contribution in [0, 0.1) is 4.77 Å². The van der Waals surface area contributed by atoms with Crippen molar-refractivity contribution in [3.8, 4) is 5.75 Å². The molecule has 1 aliphatic heterocycles. The molecule has 0 fully saturated rings. The highest BCUT2D eigenvalue weighted by atomic mass is 35.5. The van der Waals surface area contributed by atoms with Gasteiger partial charge in [0.25, 0.3) is 5.56 Å². The molecule has 8 heteroatoms. The van der Waals surface area contributed by atoms with E-state index in [1.807, 2.05) is 48.5 Å². The van der Waals surface area contributed by atoms with Gasteiger partial charge in [-0.2, -0.15) is 0 Å². The number of halogens is 1. The van der Waals surface area contributed by atoms with Gasteiger partial charge in [-0.15, -0.1) is 0 Å². The fourth-order valence-corrected chi connectivity index (χ4v) is 3.85. The molecule has 1 unspecified atom stereocenters. The van der Waals surface area contributed by atoms with Gasteiger partial charge in [-0.3, -0.25) is 14.6 Å². The lowest BCUT2D eigenvalue weighted by Gasteiger charge is -2.26. The highest BCUT2D eigenvalue weighted by Crippen LogP contribution is 2.35. The summed E-state index contributed by atoms with van der Waals surface area (Å²) in [6, 6.07) is 14.9. The number of anilines is 1. The molecule has 1 amide bonds. The molecule has 6 nitrogen and oxygen atoms in total. The van der Waals surface area contributed by atoms with E-state index in [-0.39, 0.29) is 28.6 Å². The molecule has 29 heavy (non-hydrogen) atoms. The number of aromatic amines is 1. The third kappa shape index (κ3) is 3.97. The van der Waals surface area contributed by atoms with E-state index in [2.05, 4.69) is 10.3 Å². The third-order valence-electron chi connectivity index (χ3n) is 4.93. The van der Waals surface area contributed by atoms with E-state index in [4.69, 9.17) is 28.6 Å². The molecule has 0 spiro atoms. The molecule has 2 heterocycles. The summed E-state index contributed by atoms with van der Waals surface area (Å²) in [6.45, 7) is 0.395. The Morgan fingerprint density at radius 2 is 1.97 bits per heavy atom. The number of hydrogen-bond acceptors (Lipinski definition) is 4.